The van der Waals surface area contributed by atoms with Crippen molar-refractivity contribution in [2.45, 2.75) is 24.4 Å². The summed E-state index contributed by atoms with van der Waals surface area (Å²) >= 11 is 0. The van der Waals surface area contributed by atoms with Crippen LogP contribution in [-0.4, -0.2) is 45.1 Å². The summed E-state index contributed by atoms with van der Waals surface area (Å²) in [6.45, 7) is 0.335. The average Bonchev–Trinajstić information content (AvgIpc) is 3.19. The molecule has 1 fully saturated rings. The van der Waals surface area contributed by atoms with Gasteiger partial charge in [0.1, 0.15) is 17.8 Å². The molecule has 3 aromatic heterocycles. The average molecular weight is 421 g/mol. The molecule has 0 radical (unpaired) electrons. The molecule has 9 heteroatoms. The number of H-pyrrole nitrogens is 1. The number of nitrogens with one attached hydrogen (secondary N) is 3. The fraction of sp³-hybridized carbons (Fsp3) is 0.273. The van der Waals surface area contributed by atoms with Crippen LogP contribution in [0.3, 0.4) is 0 Å². The molecule has 0 unspecified atom stereocenters. The van der Waals surface area contributed by atoms with Crippen molar-refractivity contribution in [3.63, 3.8) is 0 Å². The van der Waals surface area contributed by atoms with Gasteiger partial charge in [0, 0.05) is 36.2 Å². The van der Waals surface area contributed by atoms with Crippen LogP contribution >= 0.6 is 0 Å². The third kappa shape index (κ3) is 3.45. The molecule has 1 saturated carbocycles. The van der Waals surface area contributed by atoms with E-state index in [-0.39, 0.29) is 12.8 Å². The van der Waals surface area contributed by atoms with Crippen LogP contribution in [0.4, 0.5) is 20.4 Å². The van der Waals surface area contributed by atoms with Gasteiger partial charge in [-0.05, 0) is 49.2 Å². The number of benzene rings is 1. The van der Waals surface area contributed by atoms with E-state index in [0.717, 1.165) is 22.3 Å². The summed E-state index contributed by atoms with van der Waals surface area (Å²) in [5, 5.41) is 23.0. The molecular formula is C22H21F2N7. The number of nitrogens with zero attached hydrogens (tertiary/aromatic N) is 4. The zero-order valence-electron chi connectivity index (χ0n) is 16.9. The van der Waals surface area contributed by atoms with Crippen LogP contribution in [0.5, 0.6) is 0 Å². The summed E-state index contributed by atoms with van der Waals surface area (Å²) < 4.78 is 28.0. The van der Waals surface area contributed by atoms with Gasteiger partial charge >= 0.3 is 0 Å². The van der Waals surface area contributed by atoms with Crippen molar-refractivity contribution < 1.29 is 8.78 Å². The van der Waals surface area contributed by atoms with Gasteiger partial charge in [0.25, 0.3) is 0 Å². The van der Waals surface area contributed by atoms with Gasteiger partial charge in [0.2, 0.25) is 0 Å². The lowest BCUT2D eigenvalue weighted by Crippen LogP contribution is -2.49. The highest BCUT2D eigenvalue weighted by atomic mass is 19.1. The number of alkyl halides is 1. The summed E-state index contributed by atoms with van der Waals surface area (Å²) in [6.07, 6.45) is 1.06. The Kier molecular flexibility index (Phi) is 4.72. The Bertz CT molecular complexity index is 1220. The van der Waals surface area contributed by atoms with Crippen LogP contribution < -0.4 is 10.6 Å². The van der Waals surface area contributed by atoms with Gasteiger partial charge < -0.3 is 10.6 Å². The normalized spacial score (nSPS) is 20.4. The first-order valence-electron chi connectivity index (χ1n) is 10.1. The second-order valence-corrected chi connectivity index (χ2v) is 7.86. The molecule has 0 amide bonds. The van der Waals surface area contributed by atoms with Crippen molar-refractivity contribution in [2.75, 3.05) is 24.2 Å². The van der Waals surface area contributed by atoms with E-state index in [0.29, 0.717) is 23.8 Å². The lowest BCUT2D eigenvalue weighted by molar-refractivity contribution is 0.0964. The standard InChI is InChI=1S/C22H21F2N7/c1-25-21-15-9-13(4-5-18(15)29-31-21)17-6-7-19(30-28-17)27-12-22(10-14(23)11-22)20-16(24)3-2-8-26-20/h2-9,14H,10-12H2,1H3,(H,27,30)(H2,25,29,31). The molecule has 0 saturated heterocycles. The maximum atomic E-state index is 14.3. The van der Waals surface area contributed by atoms with Gasteiger partial charge in [0.15, 0.2) is 5.82 Å². The topological polar surface area (TPSA) is 91.4 Å². The summed E-state index contributed by atoms with van der Waals surface area (Å²) in [5.41, 5.74) is 2.18. The highest BCUT2D eigenvalue weighted by molar-refractivity contribution is 5.92. The first-order valence-corrected chi connectivity index (χ1v) is 10.1. The molecule has 1 aliphatic rings. The molecule has 0 spiro atoms. The third-order valence-electron chi connectivity index (χ3n) is 5.85. The highest BCUT2D eigenvalue weighted by Gasteiger charge is 2.48. The predicted octanol–water partition coefficient (Wildman–Crippen LogP) is 4.08. The lowest BCUT2D eigenvalue weighted by atomic mass is 9.65. The predicted molar refractivity (Wildman–Crippen MR) is 115 cm³/mol. The fourth-order valence-corrected chi connectivity index (χ4v) is 4.19. The third-order valence-corrected chi connectivity index (χ3v) is 5.85. The summed E-state index contributed by atoms with van der Waals surface area (Å²) in [6, 6.07) is 12.5. The number of halogens is 2. The van der Waals surface area contributed by atoms with Crippen LogP contribution in [-0.2, 0) is 5.41 Å². The summed E-state index contributed by atoms with van der Waals surface area (Å²) in [5.74, 6) is 0.900. The lowest BCUT2D eigenvalue weighted by Gasteiger charge is -2.44. The summed E-state index contributed by atoms with van der Waals surface area (Å²) in [7, 11) is 1.82. The second-order valence-electron chi connectivity index (χ2n) is 7.86. The number of fused-ring (bicyclic) bond motifs is 1. The fourth-order valence-electron chi connectivity index (χ4n) is 4.19. The van der Waals surface area contributed by atoms with E-state index in [1.54, 1.807) is 0 Å². The number of aromatic amines is 1. The molecule has 0 bridgehead atoms. The van der Waals surface area contributed by atoms with E-state index >= 15 is 0 Å². The molecule has 158 valence electrons. The monoisotopic (exact) mass is 421 g/mol. The molecule has 4 aromatic rings. The maximum Gasteiger partial charge on any atom is 0.155 e. The molecule has 31 heavy (non-hydrogen) atoms. The van der Waals surface area contributed by atoms with E-state index < -0.39 is 17.4 Å². The van der Waals surface area contributed by atoms with Crippen molar-refractivity contribution in [3.8, 4) is 11.3 Å². The SMILES string of the molecule is CNc1n[nH]c2ccc(-c3ccc(NCC4(c5ncccc5F)CC(F)C4)nn3)cc12. The van der Waals surface area contributed by atoms with Gasteiger partial charge in [-0.1, -0.05) is 6.07 Å². The second kappa shape index (κ2) is 7.57. The van der Waals surface area contributed by atoms with E-state index in [1.165, 1.54) is 18.3 Å². The molecule has 1 aromatic carbocycles. The minimum atomic E-state index is -0.947. The van der Waals surface area contributed by atoms with Crippen LogP contribution in [0, 0.1) is 5.82 Å². The number of hydrogen-bond donors (Lipinski definition) is 3. The molecule has 3 N–H and O–H groups in total. The van der Waals surface area contributed by atoms with Crippen molar-refractivity contribution in [2.24, 2.45) is 0 Å². The van der Waals surface area contributed by atoms with Crippen LogP contribution in [0.2, 0.25) is 0 Å². The zero-order valence-corrected chi connectivity index (χ0v) is 16.9. The number of aromatic nitrogens is 5. The number of rotatable bonds is 6. The van der Waals surface area contributed by atoms with Gasteiger partial charge in [-0.2, -0.15) is 5.10 Å². The smallest absolute Gasteiger partial charge is 0.155 e. The van der Waals surface area contributed by atoms with E-state index in [2.05, 4.69) is 36.0 Å². The molecule has 0 atom stereocenters. The van der Waals surface area contributed by atoms with Crippen LogP contribution in [0.25, 0.3) is 22.2 Å². The molecule has 7 nitrogen and oxygen atoms in total. The molecule has 3 heterocycles. The molecule has 5 rings (SSSR count). The van der Waals surface area contributed by atoms with Gasteiger partial charge in [0.05, 0.1) is 16.9 Å². The molecule has 0 aliphatic heterocycles. The number of hydrogen-bond acceptors (Lipinski definition) is 6. The Hall–Kier alpha value is -3.62. The largest absolute Gasteiger partial charge is 0.371 e. The number of pyridine rings is 1. The van der Waals surface area contributed by atoms with Crippen molar-refractivity contribution in [1.29, 1.82) is 0 Å². The first-order chi connectivity index (χ1) is 15.1. The Labute approximate surface area is 177 Å². The van der Waals surface area contributed by atoms with E-state index in [1.807, 2.05) is 37.4 Å². The summed E-state index contributed by atoms with van der Waals surface area (Å²) in [4.78, 5) is 4.18. The first kappa shape index (κ1) is 19.3. The number of anilines is 2. The van der Waals surface area contributed by atoms with Crippen LogP contribution in [0.1, 0.15) is 18.5 Å². The van der Waals surface area contributed by atoms with E-state index in [9.17, 15) is 8.78 Å². The van der Waals surface area contributed by atoms with Gasteiger partial charge in [-0.15, -0.1) is 10.2 Å². The minimum absolute atomic E-state index is 0.234. The van der Waals surface area contributed by atoms with E-state index in [4.69, 9.17) is 0 Å². The van der Waals surface area contributed by atoms with Crippen molar-refractivity contribution in [3.05, 3.63) is 60.2 Å². The highest BCUT2D eigenvalue weighted by Crippen LogP contribution is 2.45. The van der Waals surface area contributed by atoms with Crippen molar-refractivity contribution >= 4 is 22.5 Å². The minimum Gasteiger partial charge on any atom is -0.371 e. The Balaban J connectivity index is 1.34. The van der Waals surface area contributed by atoms with Crippen molar-refractivity contribution in [1.82, 2.24) is 25.4 Å². The quantitative estimate of drug-likeness (QED) is 0.435. The molecular weight excluding hydrogens is 400 g/mol. The maximum absolute atomic E-state index is 14.3. The van der Waals surface area contributed by atoms with Gasteiger partial charge in [-0.3, -0.25) is 10.1 Å². The van der Waals surface area contributed by atoms with Gasteiger partial charge in [-0.25, -0.2) is 8.78 Å². The Morgan fingerprint density at radius 1 is 1.16 bits per heavy atom. The van der Waals surface area contributed by atoms with Crippen LogP contribution in [0.15, 0.2) is 48.7 Å². The Morgan fingerprint density at radius 3 is 2.74 bits per heavy atom. The molecule has 1 aliphatic carbocycles. The Morgan fingerprint density at radius 2 is 2.03 bits per heavy atom. The zero-order chi connectivity index (χ0) is 21.4.